The fourth-order valence-electron chi connectivity index (χ4n) is 2.54. The van der Waals surface area contributed by atoms with Gasteiger partial charge in [-0.25, -0.2) is 0 Å². The summed E-state index contributed by atoms with van der Waals surface area (Å²) in [6.07, 6.45) is 3.67. The first kappa shape index (κ1) is 16.0. The molecule has 1 fully saturated rings. The Balaban J connectivity index is 2.12. The van der Waals surface area contributed by atoms with E-state index in [4.69, 9.17) is 5.11 Å². The zero-order valence-electron chi connectivity index (χ0n) is 11.9. The monoisotopic (exact) mass is 270 g/mol. The molecule has 19 heavy (non-hydrogen) atoms. The lowest BCUT2D eigenvalue weighted by molar-refractivity contribution is -0.142. The molecule has 5 heteroatoms. The molecular weight excluding hydrogens is 244 g/mol. The van der Waals surface area contributed by atoms with Crippen LogP contribution in [0, 0.1) is 17.8 Å². The molecule has 110 valence electrons. The minimum Gasteiger partial charge on any atom is -0.481 e. The standard InChI is InChI=1S/C14H26N2O3/c1-10(2)6-7-16-13(17)9-15-8-11-4-3-5-12(11)14(18)19/h10-12,15H,3-9H2,1-2H3,(H,16,17)(H,18,19). The molecule has 0 aromatic rings. The largest absolute Gasteiger partial charge is 0.481 e. The zero-order valence-corrected chi connectivity index (χ0v) is 11.9. The minimum atomic E-state index is -0.703. The summed E-state index contributed by atoms with van der Waals surface area (Å²) < 4.78 is 0. The lowest BCUT2D eigenvalue weighted by Gasteiger charge is -2.16. The topological polar surface area (TPSA) is 78.4 Å². The lowest BCUT2D eigenvalue weighted by Crippen LogP contribution is -2.38. The molecule has 0 aromatic heterocycles. The third kappa shape index (κ3) is 6.05. The lowest BCUT2D eigenvalue weighted by atomic mass is 9.96. The van der Waals surface area contributed by atoms with E-state index in [2.05, 4.69) is 24.5 Å². The van der Waals surface area contributed by atoms with Gasteiger partial charge in [-0.3, -0.25) is 9.59 Å². The molecule has 0 aromatic carbocycles. The molecule has 5 nitrogen and oxygen atoms in total. The molecular formula is C14H26N2O3. The van der Waals surface area contributed by atoms with Crippen molar-refractivity contribution in [2.24, 2.45) is 17.8 Å². The quantitative estimate of drug-likeness (QED) is 0.620. The molecule has 3 N–H and O–H groups in total. The maximum atomic E-state index is 11.5. The van der Waals surface area contributed by atoms with Crippen LogP contribution >= 0.6 is 0 Å². The van der Waals surface area contributed by atoms with Gasteiger partial charge in [-0.2, -0.15) is 0 Å². The van der Waals surface area contributed by atoms with Gasteiger partial charge in [-0.15, -0.1) is 0 Å². The van der Waals surface area contributed by atoms with Crippen molar-refractivity contribution in [2.75, 3.05) is 19.6 Å². The van der Waals surface area contributed by atoms with Crippen LogP contribution in [0.2, 0.25) is 0 Å². The van der Waals surface area contributed by atoms with Crippen LogP contribution in [-0.2, 0) is 9.59 Å². The van der Waals surface area contributed by atoms with Crippen LogP contribution in [-0.4, -0.2) is 36.6 Å². The molecule has 0 radical (unpaired) electrons. The Labute approximate surface area is 115 Å². The van der Waals surface area contributed by atoms with Crippen molar-refractivity contribution in [1.29, 1.82) is 0 Å². The predicted molar refractivity (Wildman–Crippen MR) is 73.8 cm³/mol. The van der Waals surface area contributed by atoms with Crippen molar-refractivity contribution in [3.8, 4) is 0 Å². The van der Waals surface area contributed by atoms with Gasteiger partial charge in [0.05, 0.1) is 12.5 Å². The molecule has 1 rings (SSSR count). The molecule has 2 atom stereocenters. The van der Waals surface area contributed by atoms with Crippen molar-refractivity contribution in [3.05, 3.63) is 0 Å². The van der Waals surface area contributed by atoms with E-state index in [-0.39, 0.29) is 24.3 Å². The normalized spacial score (nSPS) is 22.7. The van der Waals surface area contributed by atoms with Gasteiger partial charge in [0.1, 0.15) is 0 Å². The van der Waals surface area contributed by atoms with Crippen molar-refractivity contribution >= 4 is 11.9 Å². The van der Waals surface area contributed by atoms with Crippen LogP contribution in [0.25, 0.3) is 0 Å². The maximum Gasteiger partial charge on any atom is 0.306 e. The van der Waals surface area contributed by atoms with Gasteiger partial charge in [0, 0.05) is 6.54 Å². The number of nitrogens with one attached hydrogen (secondary N) is 2. The first-order chi connectivity index (χ1) is 9.00. The molecule has 0 heterocycles. The Morgan fingerprint density at radius 1 is 1.32 bits per heavy atom. The number of carbonyl (C=O) groups is 2. The summed E-state index contributed by atoms with van der Waals surface area (Å²) in [5.41, 5.74) is 0. The summed E-state index contributed by atoms with van der Waals surface area (Å²) in [6, 6.07) is 0. The third-order valence-electron chi connectivity index (χ3n) is 3.71. The van der Waals surface area contributed by atoms with Crippen LogP contribution in [0.5, 0.6) is 0 Å². The highest BCUT2D eigenvalue weighted by Crippen LogP contribution is 2.31. The average Bonchev–Trinajstić information content (AvgIpc) is 2.77. The summed E-state index contributed by atoms with van der Waals surface area (Å²) in [7, 11) is 0. The highest BCUT2D eigenvalue weighted by molar-refractivity contribution is 5.77. The first-order valence-corrected chi connectivity index (χ1v) is 7.21. The van der Waals surface area contributed by atoms with Crippen molar-refractivity contribution in [3.63, 3.8) is 0 Å². The van der Waals surface area contributed by atoms with Gasteiger partial charge in [-0.05, 0) is 37.6 Å². The number of hydrogen-bond donors (Lipinski definition) is 3. The van der Waals surface area contributed by atoms with Crippen LogP contribution in [0.15, 0.2) is 0 Å². The summed E-state index contributed by atoms with van der Waals surface area (Å²) >= 11 is 0. The van der Waals surface area contributed by atoms with E-state index in [1.165, 1.54) is 0 Å². The van der Waals surface area contributed by atoms with E-state index in [9.17, 15) is 9.59 Å². The number of carboxylic acid groups (broad SMARTS) is 1. The highest BCUT2D eigenvalue weighted by Gasteiger charge is 2.32. The number of aliphatic carboxylic acids is 1. The van der Waals surface area contributed by atoms with Gasteiger partial charge < -0.3 is 15.7 Å². The second-order valence-electron chi connectivity index (χ2n) is 5.80. The molecule has 0 aliphatic heterocycles. The van der Waals surface area contributed by atoms with Crippen LogP contribution in [0.3, 0.4) is 0 Å². The molecule has 1 saturated carbocycles. The Kier molecular flexibility index (Phi) is 6.84. The summed E-state index contributed by atoms with van der Waals surface area (Å²) in [5.74, 6) is -0.197. The van der Waals surface area contributed by atoms with Crippen molar-refractivity contribution in [2.45, 2.75) is 39.5 Å². The molecule has 1 amide bonds. The molecule has 2 unspecified atom stereocenters. The average molecular weight is 270 g/mol. The number of amides is 1. The zero-order chi connectivity index (χ0) is 14.3. The smallest absolute Gasteiger partial charge is 0.306 e. The highest BCUT2D eigenvalue weighted by atomic mass is 16.4. The number of carbonyl (C=O) groups excluding carboxylic acids is 1. The predicted octanol–water partition coefficient (Wildman–Crippen LogP) is 1.24. The van der Waals surface area contributed by atoms with E-state index in [1.807, 2.05) is 0 Å². The van der Waals surface area contributed by atoms with E-state index < -0.39 is 5.97 Å². The SMILES string of the molecule is CC(C)CCNC(=O)CNCC1CCCC1C(=O)O. The van der Waals surface area contributed by atoms with Gasteiger partial charge in [0.2, 0.25) is 5.91 Å². The third-order valence-corrected chi connectivity index (χ3v) is 3.71. The maximum absolute atomic E-state index is 11.5. The van der Waals surface area contributed by atoms with Gasteiger partial charge in [-0.1, -0.05) is 20.3 Å². The Morgan fingerprint density at radius 3 is 2.68 bits per heavy atom. The fraction of sp³-hybridized carbons (Fsp3) is 0.857. The van der Waals surface area contributed by atoms with Crippen LogP contribution in [0.1, 0.15) is 39.5 Å². The molecule has 0 saturated heterocycles. The molecule has 0 spiro atoms. The fourth-order valence-corrected chi connectivity index (χ4v) is 2.54. The van der Waals surface area contributed by atoms with E-state index >= 15 is 0 Å². The van der Waals surface area contributed by atoms with Crippen molar-refractivity contribution < 1.29 is 14.7 Å². The Hall–Kier alpha value is -1.10. The van der Waals surface area contributed by atoms with Crippen molar-refractivity contribution in [1.82, 2.24) is 10.6 Å². The van der Waals surface area contributed by atoms with Crippen LogP contribution < -0.4 is 10.6 Å². The molecule has 0 bridgehead atoms. The van der Waals surface area contributed by atoms with Gasteiger partial charge in [0.15, 0.2) is 0 Å². The van der Waals surface area contributed by atoms with Gasteiger partial charge in [0.25, 0.3) is 0 Å². The summed E-state index contributed by atoms with van der Waals surface area (Å²) in [5, 5.41) is 15.0. The Morgan fingerprint density at radius 2 is 2.05 bits per heavy atom. The first-order valence-electron chi connectivity index (χ1n) is 7.21. The number of hydrogen-bond acceptors (Lipinski definition) is 3. The second-order valence-corrected chi connectivity index (χ2v) is 5.80. The Bertz CT molecular complexity index is 305. The van der Waals surface area contributed by atoms with Gasteiger partial charge >= 0.3 is 5.97 Å². The second kappa shape index (κ2) is 8.15. The summed E-state index contributed by atoms with van der Waals surface area (Å²) in [6.45, 7) is 5.85. The summed E-state index contributed by atoms with van der Waals surface area (Å²) in [4.78, 5) is 22.5. The van der Waals surface area contributed by atoms with E-state index in [0.29, 0.717) is 19.0 Å². The van der Waals surface area contributed by atoms with Crippen LogP contribution in [0.4, 0.5) is 0 Å². The number of rotatable bonds is 8. The van der Waals surface area contributed by atoms with E-state index in [0.717, 1.165) is 25.7 Å². The molecule has 1 aliphatic carbocycles. The molecule has 1 aliphatic rings. The van der Waals surface area contributed by atoms with E-state index in [1.54, 1.807) is 0 Å². The minimum absolute atomic E-state index is 0.00878. The number of carboxylic acids is 1.